The van der Waals surface area contributed by atoms with E-state index in [0.29, 0.717) is 30.3 Å². The molecule has 0 N–H and O–H groups in total. The molecule has 0 spiro atoms. The van der Waals surface area contributed by atoms with Crippen LogP contribution in [-0.2, 0) is 9.47 Å². The lowest BCUT2D eigenvalue weighted by atomic mass is 10.2. The van der Waals surface area contributed by atoms with E-state index in [2.05, 4.69) is 0 Å². The Balaban J connectivity index is 1.54. The van der Waals surface area contributed by atoms with Crippen molar-refractivity contribution in [3.63, 3.8) is 0 Å². The smallest absolute Gasteiger partial charge is 0.343 e. The third kappa shape index (κ3) is 6.85. The van der Waals surface area contributed by atoms with E-state index in [4.69, 9.17) is 23.7 Å². The van der Waals surface area contributed by atoms with Gasteiger partial charge >= 0.3 is 11.9 Å². The topological polar surface area (TPSA) is 80.3 Å². The number of methoxy groups -OCH3 is 1. The molecule has 7 heteroatoms. The van der Waals surface area contributed by atoms with E-state index in [1.54, 1.807) is 43.5 Å². The molecule has 0 atom stereocenters. The van der Waals surface area contributed by atoms with Gasteiger partial charge in [-0.15, -0.1) is 0 Å². The first-order valence-corrected chi connectivity index (χ1v) is 10.1. The number of benzene rings is 3. The summed E-state index contributed by atoms with van der Waals surface area (Å²) in [6, 6.07) is 22.1. The Hall–Kier alpha value is -3.84. The SMILES string of the molecule is COCCOc1ccc(C(=O)Oc2ccccc2C(=O)OCCOc2ccccc2)cc1. The average Bonchev–Trinajstić information content (AvgIpc) is 2.83. The minimum atomic E-state index is -0.605. The summed E-state index contributed by atoms with van der Waals surface area (Å²) in [5.74, 6) is 0.216. The normalized spacial score (nSPS) is 10.3. The molecule has 0 aliphatic carbocycles. The first kappa shape index (κ1) is 22.8. The van der Waals surface area contributed by atoms with Crippen molar-refractivity contribution in [3.8, 4) is 17.2 Å². The molecule has 0 unspecified atom stereocenters. The van der Waals surface area contributed by atoms with Crippen molar-refractivity contribution in [1.82, 2.24) is 0 Å². The minimum Gasteiger partial charge on any atom is -0.491 e. The van der Waals surface area contributed by atoms with Crippen LogP contribution in [0.5, 0.6) is 17.2 Å². The Morgan fingerprint density at radius 1 is 0.656 bits per heavy atom. The molecule has 3 rings (SSSR count). The lowest BCUT2D eigenvalue weighted by molar-refractivity contribution is 0.0445. The van der Waals surface area contributed by atoms with E-state index in [-0.39, 0.29) is 24.5 Å². The number of rotatable bonds is 11. The third-order valence-corrected chi connectivity index (χ3v) is 4.28. The predicted octanol–water partition coefficient (Wildman–Crippen LogP) is 4.17. The largest absolute Gasteiger partial charge is 0.491 e. The molecule has 0 radical (unpaired) electrons. The van der Waals surface area contributed by atoms with Crippen LogP contribution in [0.1, 0.15) is 20.7 Å². The predicted molar refractivity (Wildman–Crippen MR) is 117 cm³/mol. The highest BCUT2D eigenvalue weighted by Gasteiger charge is 2.17. The molecule has 0 amide bonds. The Morgan fingerprint density at radius 3 is 2.00 bits per heavy atom. The molecule has 0 heterocycles. The summed E-state index contributed by atoms with van der Waals surface area (Å²) < 4.78 is 26.6. The van der Waals surface area contributed by atoms with Crippen molar-refractivity contribution in [2.24, 2.45) is 0 Å². The summed E-state index contributed by atoms with van der Waals surface area (Å²) in [5.41, 5.74) is 0.476. The number of ether oxygens (including phenoxy) is 5. The quantitative estimate of drug-likeness (QED) is 0.254. The standard InChI is InChI=1S/C25H24O7/c1-28-15-16-29-21-13-11-19(12-14-21)24(26)32-23-10-6-5-9-22(23)25(27)31-18-17-30-20-7-3-2-4-8-20/h2-14H,15-18H2,1H3. The van der Waals surface area contributed by atoms with Gasteiger partial charge in [-0.2, -0.15) is 0 Å². The van der Waals surface area contributed by atoms with Crippen LogP contribution in [0, 0.1) is 0 Å². The first-order valence-electron chi connectivity index (χ1n) is 10.1. The summed E-state index contributed by atoms with van der Waals surface area (Å²) in [4.78, 5) is 25.0. The van der Waals surface area contributed by atoms with Gasteiger partial charge in [0.25, 0.3) is 0 Å². The van der Waals surface area contributed by atoms with Crippen molar-refractivity contribution in [2.75, 3.05) is 33.5 Å². The fourth-order valence-corrected chi connectivity index (χ4v) is 2.70. The highest BCUT2D eigenvalue weighted by molar-refractivity contribution is 5.96. The Bertz CT molecular complexity index is 1000. The van der Waals surface area contributed by atoms with E-state index in [1.807, 2.05) is 30.3 Å². The summed E-state index contributed by atoms with van der Waals surface area (Å²) >= 11 is 0. The zero-order valence-electron chi connectivity index (χ0n) is 17.7. The van der Waals surface area contributed by atoms with Gasteiger partial charge in [0, 0.05) is 7.11 Å². The Morgan fingerprint density at radius 2 is 1.28 bits per heavy atom. The van der Waals surface area contributed by atoms with Crippen molar-refractivity contribution in [1.29, 1.82) is 0 Å². The molecule has 7 nitrogen and oxygen atoms in total. The van der Waals surface area contributed by atoms with Crippen LogP contribution in [0.15, 0.2) is 78.9 Å². The van der Waals surface area contributed by atoms with E-state index in [9.17, 15) is 9.59 Å². The van der Waals surface area contributed by atoms with Crippen molar-refractivity contribution >= 4 is 11.9 Å². The molecule has 0 saturated heterocycles. The highest BCUT2D eigenvalue weighted by atomic mass is 16.6. The molecular weight excluding hydrogens is 412 g/mol. The zero-order chi connectivity index (χ0) is 22.6. The minimum absolute atomic E-state index is 0.0561. The Kier molecular flexibility index (Phi) is 8.65. The molecule has 3 aromatic carbocycles. The summed E-state index contributed by atoms with van der Waals surface area (Å²) in [6.45, 7) is 1.14. The molecule has 0 aliphatic rings. The van der Waals surface area contributed by atoms with Gasteiger partial charge in [-0.3, -0.25) is 0 Å². The number of hydrogen-bond acceptors (Lipinski definition) is 7. The molecule has 3 aromatic rings. The Labute approximate surface area is 186 Å². The monoisotopic (exact) mass is 436 g/mol. The van der Waals surface area contributed by atoms with Gasteiger partial charge in [-0.1, -0.05) is 30.3 Å². The van der Waals surface area contributed by atoms with E-state index < -0.39 is 11.9 Å². The first-order chi connectivity index (χ1) is 15.7. The van der Waals surface area contributed by atoms with Crippen LogP contribution >= 0.6 is 0 Å². The molecule has 166 valence electrons. The maximum absolute atomic E-state index is 12.5. The average molecular weight is 436 g/mol. The summed E-state index contributed by atoms with van der Waals surface area (Å²) in [6.07, 6.45) is 0. The van der Waals surface area contributed by atoms with Crippen LogP contribution in [0.4, 0.5) is 0 Å². The fourth-order valence-electron chi connectivity index (χ4n) is 2.70. The number of esters is 2. The van der Waals surface area contributed by atoms with Gasteiger partial charge in [0.2, 0.25) is 0 Å². The van der Waals surface area contributed by atoms with E-state index in [1.165, 1.54) is 12.1 Å². The lowest BCUT2D eigenvalue weighted by Gasteiger charge is -2.11. The van der Waals surface area contributed by atoms with Crippen LogP contribution in [0.2, 0.25) is 0 Å². The third-order valence-electron chi connectivity index (χ3n) is 4.28. The van der Waals surface area contributed by atoms with Crippen LogP contribution < -0.4 is 14.2 Å². The van der Waals surface area contributed by atoms with E-state index in [0.717, 1.165) is 0 Å². The van der Waals surface area contributed by atoms with Crippen molar-refractivity contribution in [2.45, 2.75) is 0 Å². The van der Waals surface area contributed by atoms with Gasteiger partial charge in [-0.25, -0.2) is 9.59 Å². The van der Waals surface area contributed by atoms with Gasteiger partial charge in [0.05, 0.1) is 12.2 Å². The molecule has 0 bridgehead atoms. The maximum atomic E-state index is 12.5. The van der Waals surface area contributed by atoms with E-state index >= 15 is 0 Å². The van der Waals surface area contributed by atoms with Crippen LogP contribution in [-0.4, -0.2) is 45.5 Å². The second kappa shape index (κ2) is 12.1. The van der Waals surface area contributed by atoms with Crippen LogP contribution in [0.25, 0.3) is 0 Å². The van der Waals surface area contributed by atoms with Gasteiger partial charge in [0.1, 0.15) is 42.6 Å². The van der Waals surface area contributed by atoms with Crippen molar-refractivity contribution < 1.29 is 33.3 Å². The zero-order valence-corrected chi connectivity index (χ0v) is 17.7. The maximum Gasteiger partial charge on any atom is 0.343 e. The molecule has 0 fully saturated rings. The number of para-hydroxylation sites is 2. The van der Waals surface area contributed by atoms with Crippen LogP contribution in [0.3, 0.4) is 0 Å². The van der Waals surface area contributed by atoms with Gasteiger partial charge in [0.15, 0.2) is 0 Å². The lowest BCUT2D eigenvalue weighted by Crippen LogP contribution is -2.15. The number of carbonyl (C=O) groups is 2. The fraction of sp³-hybridized carbons (Fsp3) is 0.200. The molecular formula is C25H24O7. The second-order valence-corrected chi connectivity index (χ2v) is 6.55. The molecule has 32 heavy (non-hydrogen) atoms. The number of hydrogen-bond donors (Lipinski definition) is 0. The highest BCUT2D eigenvalue weighted by Crippen LogP contribution is 2.21. The van der Waals surface area contributed by atoms with Gasteiger partial charge < -0.3 is 23.7 Å². The van der Waals surface area contributed by atoms with Crippen molar-refractivity contribution in [3.05, 3.63) is 90.0 Å². The second-order valence-electron chi connectivity index (χ2n) is 6.55. The summed E-state index contributed by atoms with van der Waals surface area (Å²) in [7, 11) is 1.59. The number of carbonyl (C=O) groups excluding carboxylic acids is 2. The molecule has 0 saturated carbocycles. The summed E-state index contributed by atoms with van der Waals surface area (Å²) in [5, 5.41) is 0. The van der Waals surface area contributed by atoms with Gasteiger partial charge in [-0.05, 0) is 48.5 Å². The molecule has 0 aliphatic heterocycles. The molecule has 0 aromatic heterocycles.